The van der Waals surface area contributed by atoms with E-state index >= 15 is 0 Å². The van der Waals surface area contributed by atoms with Crippen molar-refractivity contribution in [2.24, 2.45) is 17.8 Å². The van der Waals surface area contributed by atoms with Crippen LogP contribution in [0.1, 0.15) is 71.8 Å². The fraction of sp³-hybridized carbons (Fsp3) is 0.545. The molecule has 0 aromatic heterocycles. The summed E-state index contributed by atoms with van der Waals surface area (Å²) < 4.78 is 10.0. The second kappa shape index (κ2) is 21.3. The van der Waals surface area contributed by atoms with Gasteiger partial charge in [0.05, 0.1) is 43.6 Å². The highest BCUT2D eigenvalue weighted by Gasteiger charge is 2.34. The number of aliphatic hydroxyl groups excluding tert-OH is 1. The number of rotatable bonds is 22. The molecule has 0 aliphatic rings. The number of aliphatic carboxylic acids is 2. The summed E-state index contributed by atoms with van der Waals surface area (Å²) in [6.45, 7) is 6.39. The van der Waals surface area contributed by atoms with Gasteiger partial charge in [-0.05, 0) is 31.7 Å². The van der Waals surface area contributed by atoms with Gasteiger partial charge in [-0.3, -0.25) is 28.8 Å². The molecule has 0 fully saturated rings. The van der Waals surface area contributed by atoms with Crippen LogP contribution in [0, 0.1) is 17.8 Å². The Labute approximate surface area is 273 Å². The van der Waals surface area contributed by atoms with E-state index in [0.29, 0.717) is 12.0 Å². The Morgan fingerprint density at radius 3 is 2.02 bits per heavy atom. The van der Waals surface area contributed by atoms with Crippen LogP contribution in [0.4, 0.5) is 0 Å². The SMILES string of the molecule is CCOC(=O)/C=C/[C@H](CC(=O)O)NC(=O)[C@@H](CC(=O)[C@H](CCC(=O)O)NC(=O)[C@@H](CC(=O)OCc1ccccc1)C(C)O)C(C)CC. The van der Waals surface area contributed by atoms with Crippen molar-refractivity contribution < 1.29 is 58.4 Å². The van der Waals surface area contributed by atoms with Crippen LogP contribution in [-0.2, 0) is 49.6 Å². The number of esters is 2. The zero-order chi connectivity index (χ0) is 35.5. The summed E-state index contributed by atoms with van der Waals surface area (Å²) in [7, 11) is 0. The molecular formula is C33H46N2O12. The van der Waals surface area contributed by atoms with E-state index in [-0.39, 0.29) is 19.6 Å². The van der Waals surface area contributed by atoms with Gasteiger partial charge in [0.1, 0.15) is 6.61 Å². The summed E-state index contributed by atoms with van der Waals surface area (Å²) in [4.78, 5) is 87.1. The molecule has 2 unspecified atom stereocenters. The van der Waals surface area contributed by atoms with Crippen molar-refractivity contribution in [3.05, 3.63) is 48.0 Å². The van der Waals surface area contributed by atoms with Crippen molar-refractivity contribution in [1.29, 1.82) is 0 Å². The third-order valence-electron chi connectivity index (χ3n) is 7.46. The quantitative estimate of drug-likeness (QED) is 0.0890. The molecule has 1 rings (SSSR count). The lowest BCUT2D eigenvalue weighted by Gasteiger charge is -2.27. The van der Waals surface area contributed by atoms with Crippen LogP contribution in [0.15, 0.2) is 42.5 Å². The van der Waals surface area contributed by atoms with E-state index in [1.54, 1.807) is 51.1 Å². The van der Waals surface area contributed by atoms with E-state index in [1.807, 2.05) is 0 Å². The molecule has 0 aliphatic heterocycles. The summed E-state index contributed by atoms with van der Waals surface area (Å²) in [5.41, 5.74) is 0.711. The van der Waals surface area contributed by atoms with Crippen LogP contribution in [0.2, 0.25) is 0 Å². The standard InChI is InChI=1S/C33H46N2O12/c1-5-20(3)24(32(44)34-23(16-29(40)41)12-15-30(42)46-6-2)17-27(37)26(13-14-28(38)39)35-33(45)25(21(4)36)18-31(43)47-19-22-10-8-7-9-11-22/h7-12,15,20-21,23-26,36H,5-6,13-14,16-19H2,1-4H3,(H,34,44)(H,35,45)(H,38,39)(H,40,41)/b15-12+/t20?,21?,23-,24+,25+,26+/m1/s1. The first-order valence-corrected chi connectivity index (χ1v) is 15.5. The maximum absolute atomic E-state index is 13.5. The number of hydrogen-bond donors (Lipinski definition) is 5. The Kier molecular flexibility index (Phi) is 18.3. The number of aliphatic hydroxyl groups is 1. The first-order chi connectivity index (χ1) is 22.2. The topological polar surface area (TPSA) is 223 Å². The van der Waals surface area contributed by atoms with Gasteiger partial charge in [0, 0.05) is 24.8 Å². The number of ketones is 1. The number of ether oxygens (including phenoxy) is 2. The fourth-order valence-corrected chi connectivity index (χ4v) is 4.55. The van der Waals surface area contributed by atoms with Crippen molar-refractivity contribution in [1.82, 2.24) is 10.6 Å². The van der Waals surface area contributed by atoms with Gasteiger partial charge in [-0.15, -0.1) is 0 Å². The van der Waals surface area contributed by atoms with Crippen molar-refractivity contribution in [2.45, 2.75) is 91.0 Å². The molecule has 0 saturated heterocycles. The summed E-state index contributed by atoms with van der Waals surface area (Å²) in [5.74, 6) is -8.98. The van der Waals surface area contributed by atoms with Crippen molar-refractivity contribution in [2.75, 3.05) is 6.61 Å². The summed E-state index contributed by atoms with van der Waals surface area (Å²) in [6, 6.07) is 6.31. The molecule has 14 heteroatoms. The molecule has 0 aliphatic carbocycles. The molecule has 14 nitrogen and oxygen atoms in total. The van der Waals surface area contributed by atoms with Crippen LogP contribution in [0.3, 0.4) is 0 Å². The van der Waals surface area contributed by atoms with Gasteiger partial charge >= 0.3 is 23.9 Å². The molecule has 260 valence electrons. The summed E-state index contributed by atoms with van der Waals surface area (Å²) >= 11 is 0. The van der Waals surface area contributed by atoms with Crippen LogP contribution in [-0.4, -0.2) is 81.6 Å². The molecule has 0 bridgehead atoms. The first kappa shape index (κ1) is 40.4. The van der Waals surface area contributed by atoms with E-state index in [1.165, 1.54) is 13.0 Å². The Balaban J connectivity index is 3.12. The number of benzene rings is 1. The zero-order valence-electron chi connectivity index (χ0n) is 27.2. The predicted octanol–water partition coefficient (Wildman–Crippen LogP) is 2.17. The number of hydrogen-bond acceptors (Lipinski definition) is 10. The minimum absolute atomic E-state index is 0.0570. The minimum atomic E-state index is -1.38. The molecule has 1 aromatic rings. The highest BCUT2D eigenvalue weighted by molar-refractivity contribution is 5.94. The van der Waals surface area contributed by atoms with Crippen molar-refractivity contribution >= 4 is 41.5 Å². The van der Waals surface area contributed by atoms with Gasteiger partial charge in [0.25, 0.3) is 0 Å². The number of amides is 2. The second-order valence-electron chi connectivity index (χ2n) is 11.2. The van der Waals surface area contributed by atoms with Crippen LogP contribution >= 0.6 is 0 Å². The zero-order valence-corrected chi connectivity index (χ0v) is 27.2. The van der Waals surface area contributed by atoms with Crippen LogP contribution in [0.25, 0.3) is 0 Å². The normalized spacial score (nSPS) is 14.9. The minimum Gasteiger partial charge on any atom is -0.481 e. The Bertz CT molecular complexity index is 1250. The average molecular weight is 663 g/mol. The van der Waals surface area contributed by atoms with E-state index < -0.39 is 103 Å². The van der Waals surface area contributed by atoms with E-state index in [4.69, 9.17) is 9.47 Å². The van der Waals surface area contributed by atoms with Gasteiger partial charge in [0.2, 0.25) is 11.8 Å². The average Bonchev–Trinajstić information content (AvgIpc) is 3.01. The largest absolute Gasteiger partial charge is 0.481 e. The van der Waals surface area contributed by atoms with Crippen LogP contribution < -0.4 is 10.6 Å². The molecule has 0 spiro atoms. The second-order valence-corrected chi connectivity index (χ2v) is 11.2. The molecule has 0 heterocycles. The molecule has 47 heavy (non-hydrogen) atoms. The van der Waals surface area contributed by atoms with Crippen molar-refractivity contribution in [3.8, 4) is 0 Å². The fourth-order valence-electron chi connectivity index (χ4n) is 4.55. The van der Waals surface area contributed by atoms with E-state index in [2.05, 4.69) is 10.6 Å². The maximum atomic E-state index is 13.5. The number of carboxylic acid groups (broad SMARTS) is 2. The van der Waals surface area contributed by atoms with E-state index in [9.17, 15) is 48.9 Å². The third-order valence-corrected chi connectivity index (χ3v) is 7.46. The van der Waals surface area contributed by atoms with Gasteiger partial charge in [-0.2, -0.15) is 0 Å². The molecule has 5 N–H and O–H groups in total. The third kappa shape index (κ3) is 16.0. The van der Waals surface area contributed by atoms with Gasteiger partial charge < -0.3 is 35.4 Å². The lowest BCUT2D eigenvalue weighted by Crippen LogP contribution is -2.48. The molecule has 1 aromatic carbocycles. The highest BCUT2D eigenvalue weighted by atomic mass is 16.5. The smallest absolute Gasteiger partial charge is 0.330 e. The van der Waals surface area contributed by atoms with Gasteiger partial charge in [-0.25, -0.2) is 4.79 Å². The summed E-state index contributed by atoms with van der Waals surface area (Å²) in [5, 5.41) is 33.8. The molecule has 6 atom stereocenters. The predicted molar refractivity (Wildman–Crippen MR) is 167 cm³/mol. The molecular weight excluding hydrogens is 616 g/mol. The van der Waals surface area contributed by atoms with Crippen LogP contribution in [0.5, 0.6) is 0 Å². The number of carbonyl (C=O) groups excluding carboxylic acids is 5. The maximum Gasteiger partial charge on any atom is 0.330 e. The Hall–Kier alpha value is -4.59. The van der Waals surface area contributed by atoms with Gasteiger partial charge in [0.15, 0.2) is 5.78 Å². The first-order valence-electron chi connectivity index (χ1n) is 15.5. The highest BCUT2D eigenvalue weighted by Crippen LogP contribution is 2.22. The summed E-state index contributed by atoms with van der Waals surface area (Å²) in [6.07, 6.45) is -1.07. The van der Waals surface area contributed by atoms with Crippen molar-refractivity contribution in [3.63, 3.8) is 0 Å². The molecule has 0 saturated carbocycles. The monoisotopic (exact) mass is 662 g/mol. The Morgan fingerprint density at radius 2 is 1.47 bits per heavy atom. The number of carbonyl (C=O) groups is 7. The lowest BCUT2D eigenvalue weighted by atomic mass is 9.84. The number of carboxylic acids is 2. The van der Waals surface area contributed by atoms with Gasteiger partial charge in [-0.1, -0.05) is 56.7 Å². The molecule has 0 radical (unpaired) electrons. The molecule has 2 amide bonds. The number of Topliss-reactive ketones (excluding diaryl/α,β-unsaturated/α-hetero) is 1. The van der Waals surface area contributed by atoms with E-state index in [0.717, 1.165) is 6.08 Å². The Morgan fingerprint density at radius 1 is 0.830 bits per heavy atom. The lowest BCUT2D eigenvalue weighted by molar-refractivity contribution is -0.150. The number of nitrogens with one attached hydrogen (secondary N) is 2.